The summed E-state index contributed by atoms with van der Waals surface area (Å²) < 4.78 is 0. The number of rotatable bonds is 5. The van der Waals surface area contributed by atoms with E-state index >= 15 is 0 Å². The summed E-state index contributed by atoms with van der Waals surface area (Å²) in [5.41, 5.74) is 2.39. The van der Waals surface area contributed by atoms with E-state index in [1.54, 1.807) is 36.4 Å². The molecule has 0 radical (unpaired) electrons. The van der Waals surface area contributed by atoms with Gasteiger partial charge in [-0.3, -0.25) is 9.59 Å². The molecule has 1 atom stereocenters. The molecule has 1 saturated heterocycles. The van der Waals surface area contributed by atoms with Crippen LogP contribution in [-0.4, -0.2) is 53.8 Å². The Morgan fingerprint density at radius 1 is 1.07 bits per heavy atom. The van der Waals surface area contributed by atoms with Gasteiger partial charge in [0.25, 0.3) is 11.7 Å². The van der Waals surface area contributed by atoms with Gasteiger partial charge >= 0.3 is 0 Å². The van der Waals surface area contributed by atoms with Crippen LogP contribution in [0.1, 0.15) is 22.7 Å². The summed E-state index contributed by atoms with van der Waals surface area (Å²) in [6, 6.07) is 13.5. The van der Waals surface area contributed by atoms with Gasteiger partial charge in [0.2, 0.25) is 0 Å². The molecule has 1 amide bonds. The van der Waals surface area contributed by atoms with E-state index in [4.69, 9.17) is 11.6 Å². The van der Waals surface area contributed by atoms with Crippen molar-refractivity contribution in [1.29, 1.82) is 0 Å². The van der Waals surface area contributed by atoms with E-state index in [1.807, 2.05) is 38.1 Å². The molecule has 1 heterocycles. The van der Waals surface area contributed by atoms with Crippen LogP contribution in [0.2, 0.25) is 5.02 Å². The van der Waals surface area contributed by atoms with Gasteiger partial charge in [0.05, 0.1) is 11.6 Å². The highest BCUT2D eigenvalue weighted by Gasteiger charge is 2.45. The van der Waals surface area contributed by atoms with E-state index < -0.39 is 17.7 Å². The summed E-state index contributed by atoms with van der Waals surface area (Å²) in [5.74, 6) is -1.43. The summed E-state index contributed by atoms with van der Waals surface area (Å²) in [6.45, 7) is 2.91. The highest BCUT2D eigenvalue weighted by molar-refractivity contribution is 6.46. The second-order valence-electron chi connectivity index (χ2n) is 7.21. The molecule has 146 valence electrons. The van der Waals surface area contributed by atoms with Crippen molar-refractivity contribution >= 4 is 29.1 Å². The lowest BCUT2D eigenvalue weighted by Gasteiger charge is -2.26. The summed E-state index contributed by atoms with van der Waals surface area (Å²) in [5, 5.41) is 11.5. The average Bonchev–Trinajstić information content (AvgIpc) is 2.91. The molecule has 2 aromatic rings. The van der Waals surface area contributed by atoms with Crippen molar-refractivity contribution in [2.24, 2.45) is 0 Å². The number of carbonyl (C=O) groups is 2. The molecular formula is C22H23ClN2O3. The molecular weight excluding hydrogens is 376 g/mol. The topological polar surface area (TPSA) is 60.9 Å². The highest BCUT2D eigenvalue weighted by atomic mass is 35.5. The summed E-state index contributed by atoms with van der Waals surface area (Å²) in [7, 11) is 3.81. The molecule has 1 aliphatic heterocycles. The number of hydrogen-bond donors (Lipinski definition) is 1. The third-order valence-electron chi connectivity index (χ3n) is 4.84. The number of amides is 1. The molecule has 1 aliphatic rings. The molecule has 3 rings (SSSR count). The van der Waals surface area contributed by atoms with Crippen molar-refractivity contribution in [3.05, 3.63) is 75.8 Å². The van der Waals surface area contributed by atoms with Crippen molar-refractivity contribution in [1.82, 2.24) is 9.80 Å². The molecule has 2 aromatic carbocycles. The van der Waals surface area contributed by atoms with Crippen molar-refractivity contribution < 1.29 is 14.7 Å². The first-order valence-corrected chi connectivity index (χ1v) is 9.43. The van der Waals surface area contributed by atoms with E-state index in [1.165, 1.54) is 4.90 Å². The van der Waals surface area contributed by atoms with Gasteiger partial charge in [-0.2, -0.15) is 0 Å². The first-order chi connectivity index (χ1) is 13.3. The molecule has 28 heavy (non-hydrogen) atoms. The quantitative estimate of drug-likeness (QED) is 0.474. The number of carbonyl (C=O) groups excluding carboxylic acids is 2. The van der Waals surface area contributed by atoms with Crippen LogP contribution >= 0.6 is 11.6 Å². The zero-order valence-corrected chi connectivity index (χ0v) is 16.9. The Bertz CT molecular complexity index is 918. The lowest BCUT2D eigenvalue weighted by molar-refractivity contribution is -0.140. The number of likely N-dealkylation sites (tertiary alicyclic amines) is 1. The van der Waals surface area contributed by atoms with Crippen LogP contribution in [0, 0.1) is 6.92 Å². The Kier molecular flexibility index (Phi) is 5.87. The maximum Gasteiger partial charge on any atom is 0.295 e. The number of likely N-dealkylation sites (N-methyl/N-ethyl adjacent to an activating group) is 1. The maximum atomic E-state index is 12.8. The van der Waals surface area contributed by atoms with E-state index in [-0.39, 0.29) is 11.3 Å². The lowest BCUT2D eigenvalue weighted by Crippen LogP contribution is -2.35. The number of halogens is 1. The Morgan fingerprint density at radius 3 is 2.25 bits per heavy atom. The van der Waals surface area contributed by atoms with Gasteiger partial charge < -0.3 is 14.9 Å². The van der Waals surface area contributed by atoms with E-state index in [0.717, 1.165) is 11.1 Å². The Hall–Kier alpha value is -2.63. The number of aryl methyl sites for hydroxylation is 1. The molecule has 5 nitrogen and oxygen atoms in total. The Labute approximate surface area is 169 Å². The van der Waals surface area contributed by atoms with Crippen molar-refractivity contribution in [3.63, 3.8) is 0 Å². The van der Waals surface area contributed by atoms with Crippen LogP contribution < -0.4 is 0 Å². The second-order valence-corrected chi connectivity index (χ2v) is 7.65. The van der Waals surface area contributed by atoms with Crippen LogP contribution in [0.25, 0.3) is 5.76 Å². The maximum absolute atomic E-state index is 12.8. The number of aliphatic hydroxyl groups is 1. The Morgan fingerprint density at radius 2 is 1.68 bits per heavy atom. The van der Waals surface area contributed by atoms with Gasteiger partial charge in [-0.1, -0.05) is 53.6 Å². The first-order valence-electron chi connectivity index (χ1n) is 9.05. The number of hydrogen-bond acceptors (Lipinski definition) is 4. The van der Waals surface area contributed by atoms with Gasteiger partial charge in [0, 0.05) is 23.7 Å². The Balaban J connectivity index is 2.13. The van der Waals surface area contributed by atoms with Crippen molar-refractivity contribution in [2.45, 2.75) is 13.0 Å². The summed E-state index contributed by atoms with van der Waals surface area (Å²) in [4.78, 5) is 29.1. The molecule has 0 aromatic heterocycles. The molecule has 0 aliphatic carbocycles. The largest absolute Gasteiger partial charge is 0.507 e. The lowest BCUT2D eigenvalue weighted by atomic mass is 9.95. The van der Waals surface area contributed by atoms with E-state index in [0.29, 0.717) is 23.7 Å². The normalized spacial score (nSPS) is 18.9. The predicted octanol–water partition coefficient (Wildman–Crippen LogP) is 3.63. The number of aliphatic hydroxyl groups excluding tert-OH is 1. The van der Waals surface area contributed by atoms with Crippen molar-refractivity contribution in [2.75, 3.05) is 27.2 Å². The predicted molar refractivity (Wildman–Crippen MR) is 110 cm³/mol. The standard InChI is InChI=1S/C22H23ClN2O3/c1-14-4-6-16(7-5-14)20(26)18-19(15-8-10-17(23)11-9-15)25(13-12-24(2)3)22(28)21(18)27/h4-11,19,26H,12-13H2,1-3H3/t19-/m0/s1. The van der Waals surface area contributed by atoms with Gasteiger partial charge in [-0.15, -0.1) is 0 Å². The SMILES string of the molecule is Cc1ccc(C(O)=C2C(=O)C(=O)N(CCN(C)C)[C@H]2c2ccc(Cl)cc2)cc1. The van der Waals surface area contributed by atoms with Crippen LogP contribution in [-0.2, 0) is 9.59 Å². The molecule has 1 N–H and O–H groups in total. The van der Waals surface area contributed by atoms with Gasteiger partial charge in [0.15, 0.2) is 0 Å². The number of nitrogens with zero attached hydrogens (tertiary/aromatic N) is 2. The zero-order valence-electron chi connectivity index (χ0n) is 16.1. The minimum Gasteiger partial charge on any atom is -0.507 e. The number of Topliss-reactive ketones (excluding diaryl/α,β-unsaturated/α-hetero) is 1. The molecule has 1 fully saturated rings. The third-order valence-corrected chi connectivity index (χ3v) is 5.09. The van der Waals surface area contributed by atoms with Crippen LogP contribution in [0.5, 0.6) is 0 Å². The van der Waals surface area contributed by atoms with E-state index in [9.17, 15) is 14.7 Å². The average molecular weight is 399 g/mol. The minimum atomic E-state index is -0.670. The molecule has 6 heteroatoms. The van der Waals surface area contributed by atoms with E-state index in [2.05, 4.69) is 0 Å². The van der Waals surface area contributed by atoms with Crippen LogP contribution in [0.4, 0.5) is 0 Å². The number of benzene rings is 2. The fraction of sp³-hybridized carbons (Fsp3) is 0.273. The van der Waals surface area contributed by atoms with Crippen LogP contribution in [0.15, 0.2) is 54.1 Å². The molecule has 0 spiro atoms. The monoisotopic (exact) mass is 398 g/mol. The summed E-state index contributed by atoms with van der Waals surface area (Å²) in [6.07, 6.45) is 0. The van der Waals surface area contributed by atoms with Crippen LogP contribution in [0.3, 0.4) is 0 Å². The van der Waals surface area contributed by atoms with Gasteiger partial charge in [-0.25, -0.2) is 0 Å². The number of ketones is 1. The first kappa shape index (κ1) is 20.1. The fourth-order valence-electron chi connectivity index (χ4n) is 3.28. The molecule has 0 bridgehead atoms. The summed E-state index contributed by atoms with van der Waals surface area (Å²) >= 11 is 6.01. The third kappa shape index (κ3) is 3.96. The second kappa shape index (κ2) is 8.17. The zero-order chi connectivity index (χ0) is 20.4. The highest BCUT2D eigenvalue weighted by Crippen LogP contribution is 2.39. The minimum absolute atomic E-state index is 0.106. The van der Waals surface area contributed by atoms with Crippen molar-refractivity contribution in [3.8, 4) is 0 Å². The molecule has 0 unspecified atom stereocenters. The molecule has 0 saturated carbocycles. The fourth-order valence-corrected chi connectivity index (χ4v) is 3.40. The van der Waals surface area contributed by atoms with Gasteiger partial charge in [-0.05, 0) is 38.7 Å². The smallest absolute Gasteiger partial charge is 0.295 e. The van der Waals surface area contributed by atoms with Gasteiger partial charge in [0.1, 0.15) is 5.76 Å².